The third-order valence-corrected chi connectivity index (χ3v) is 14.0. The molecule has 3 aromatic heterocycles. The highest BCUT2D eigenvalue weighted by Gasteiger charge is 2.34. The molecule has 2 amide bonds. The smallest absolute Gasteiger partial charge is 0.447 e. The van der Waals surface area contributed by atoms with E-state index in [1.54, 1.807) is 9.08 Å². The predicted octanol–water partition coefficient (Wildman–Crippen LogP) is 9.25. The van der Waals surface area contributed by atoms with Gasteiger partial charge in [-0.05, 0) is 116 Å². The first-order valence-corrected chi connectivity index (χ1v) is 24.1. The largest absolute Gasteiger partial charge is 0.478 e. The van der Waals surface area contributed by atoms with Gasteiger partial charge in [-0.25, -0.2) is 32.7 Å². The number of piperidine rings is 2. The van der Waals surface area contributed by atoms with Crippen molar-refractivity contribution in [1.29, 1.82) is 0 Å². The van der Waals surface area contributed by atoms with E-state index in [4.69, 9.17) is 28.8 Å². The maximum Gasteiger partial charge on any atom is 0.478 e. The highest BCUT2D eigenvalue weighted by atomic mass is 31.2. The number of pyridine rings is 1. The topological polar surface area (TPSA) is 182 Å². The van der Waals surface area contributed by atoms with E-state index < -0.39 is 32.8 Å². The minimum absolute atomic E-state index is 0.00368. The minimum Gasteiger partial charge on any atom is -0.447 e. The van der Waals surface area contributed by atoms with Crippen LogP contribution in [-0.2, 0) is 45.6 Å². The number of carbonyl (C=O) groups is 3. The summed E-state index contributed by atoms with van der Waals surface area (Å²) >= 11 is 0. The Bertz CT molecular complexity index is 2670. The van der Waals surface area contributed by atoms with Gasteiger partial charge in [0.25, 0.3) is 0 Å². The fraction of sp³-hybridized carbons (Fsp3) is 0.408. The van der Waals surface area contributed by atoms with Crippen LogP contribution in [0.5, 0.6) is 0 Å². The molecule has 0 radical (unpaired) electrons. The average molecular weight is 920 g/mol. The molecule has 2 N–H and O–H groups in total. The van der Waals surface area contributed by atoms with Crippen molar-refractivity contribution in [3.8, 4) is 11.3 Å². The van der Waals surface area contributed by atoms with Gasteiger partial charge < -0.3 is 20.1 Å². The molecule has 17 heteroatoms. The number of aromatic nitrogens is 4. The summed E-state index contributed by atoms with van der Waals surface area (Å²) in [5.41, 5.74) is 14.0. The summed E-state index contributed by atoms with van der Waals surface area (Å²) in [5.74, 6) is -0.0538. The lowest BCUT2D eigenvalue weighted by Crippen LogP contribution is -2.47. The van der Waals surface area contributed by atoms with Crippen LogP contribution in [0.25, 0.3) is 27.8 Å². The number of likely N-dealkylation sites (tertiary alicyclic amines) is 2. The lowest BCUT2D eigenvalue weighted by molar-refractivity contribution is -0.119. The van der Waals surface area contributed by atoms with Crippen LogP contribution in [0, 0.1) is 13.8 Å². The number of primary amides is 1. The van der Waals surface area contributed by atoms with Crippen LogP contribution in [0.15, 0.2) is 91.4 Å². The first-order chi connectivity index (χ1) is 31.9. The Morgan fingerprint density at radius 1 is 0.818 bits per heavy atom. The molecule has 2 aliphatic rings. The summed E-state index contributed by atoms with van der Waals surface area (Å²) in [4.78, 5) is 48.2. The zero-order valence-electron chi connectivity index (χ0n) is 38.0. The molecule has 0 unspecified atom stereocenters. The standard InChI is InChI=1S/C49H58N7O9P/c1-33(2)45-41-25-39(38-20-23-53(24-21-38)27-44(50)57)18-19-43(41)56(46(45)42-26-55-47(51-31-52-55)35(4)34(42)3)49(59)61-30-40-17-11-12-22-54(40)48(58)62-32-65-66(60,63-28-36-13-7-5-8-14-36)64-29-37-15-9-6-10-16-37/h5-10,13-16,18-19,25-26,31,33,38,40H,11-12,17,20-24,27-30,32H2,1-4H3,(H2,50,57)/t40-/m0/s1. The average Bonchev–Trinajstić information content (AvgIpc) is 3.94. The molecule has 6 aromatic rings. The van der Waals surface area contributed by atoms with Gasteiger partial charge in [0.15, 0.2) is 5.65 Å². The number of ether oxygens (including phenoxy) is 2. The van der Waals surface area contributed by atoms with Crippen LogP contribution >= 0.6 is 7.82 Å². The number of benzene rings is 3. The van der Waals surface area contributed by atoms with Crippen molar-refractivity contribution in [2.75, 3.05) is 39.6 Å². The summed E-state index contributed by atoms with van der Waals surface area (Å²) in [5, 5.41) is 5.42. The number of aryl methyl sites for hydroxylation is 1. The summed E-state index contributed by atoms with van der Waals surface area (Å²) < 4.78 is 46.0. The first-order valence-electron chi connectivity index (χ1n) is 22.6. The molecule has 0 saturated carbocycles. The van der Waals surface area contributed by atoms with E-state index in [0.29, 0.717) is 24.2 Å². The van der Waals surface area contributed by atoms with Gasteiger partial charge in [-0.2, -0.15) is 5.10 Å². The second-order valence-electron chi connectivity index (χ2n) is 17.4. The van der Waals surface area contributed by atoms with E-state index >= 15 is 0 Å². The van der Waals surface area contributed by atoms with Crippen molar-refractivity contribution in [2.24, 2.45) is 5.73 Å². The molecule has 1 atom stereocenters. The molecule has 3 aromatic carbocycles. The number of amides is 2. The molecular formula is C49H58N7O9P. The van der Waals surface area contributed by atoms with Crippen molar-refractivity contribution < 1.29 is 42.0 Å². The Hall–Kier alpha value is -5.90. The van der Waals surface area contributed by atoms with Crippen LogP contribution in [0.1, 0.15) is 91.2 Å². The SMILES string of the molecule is Cc1c(-c2c(C(C)C)c3cc(C4CCN(CC(N)=O)CC4)ccc3n2C(=O)OC[C@@H]2CCCCN2C(=O)OCOP(=O)(OCc2ccccc2)OCc2ccccc2)cn2ncnc2c1C. The Labute approximate surface area is 384 Å². The molecular weight excluding hydrogens is 862 g/mol. The number of nitrogens with zero attached hydrogens (tertiary/aromatic N) is 6. The summed E-state index contributed by atoms with van der Waals surface area (Å²) in [7, 11) is -4.21. The number of hydrogen-bond acceptors (Lipinski definition) is 12. The normalized spacial score (nSPS) is 16.3. The second kappa shape index (κ2) is 20.7. The van der Waals surface area contributed by atoms with Gasteiger partial charge in [0, 0.05) is 23.7 Å². The van der Waals surface area contributed by atoms with Crippen molar-refractivity contribution in [3.63, 3.8) is 0 Å². The number of hydrogen-bond donors (Lipinski definition) is 1. The number of nitrogens with two attached hydrogens (primary N) is 1. The van der Waals surface area contributed by atoms with Gasteiger partial charge in [0.1, 0.15) is 12.9 Å². The molecule has 2 fully saturated rings. The van der Waals surface area contributed by atoms with Gasteiger partial charge in [0.2, 0.25) is 12.7 Å². The van der Waals surface area contributed by atoms with Crippen molar-refractivity contribution >= 4 is 42.5 Å². The Balaban J connectivity index is 1.02. The van der Waals surface area contributed by atoms with E-state index in [1.807, 2.05) is 86.8 Å². The lowest BCUT2D eigenvalue weighted by atomic mass is 9.87. The van der Waals surface area contributed by atoms with Gasteiger partial charge >= 0.3 is 20.0 Å². The first kappa shape index (κ1) is 46.6. The number of phosphoric acid groups is 1. The maximum atomic E-state index is 14.8. The van der Waals surface area contributed by atoms with Crippen LogP contribution in [0.2, 0.25) is 0 Å². The molecule has 2 saturated heterocycles. The summed E-state index contributed by atoms with van der Waals surface area (Å²) in [6, 6.07) is 24.2. The van der Waals surface area contributed by atoms with Crippen LogP contribution < -0.4 is 5.73 Å². The third kappa shape index (κ3) is 10.5. The van der Waals surface area contributed by atoms with Crippen LogP contribution in [-0.4, -0.2) is 92.7 Å². The Morgan fingerprint density at radius 3 is 2.15 bits per heavy atom. The van der Waals surface area contributed by atoms with Crippen LogP contribution in [0.4, 0.5) is 9.59 Å². The van der Waals surface area contributed by atoms with Gasteiger partial charge in [0.05, 0.1) is 37.0 Å². The van der Waals surface area contributed by atoms with Gasteiger partial charge in [-0.15, -0.1) is 0 Å². The van der Waals surface area contributed by atoms with Gasteiger partial charge in [-0.1, -0.05) is 80.6 Å². The number of carbonyl (C=O) groups excluding carboxylic acids is 3. The second-order valence-corrected chi connectivity index (χ2v) is 19.1. The van der Waals surface area contributed by atoms with Crippen LogP contribution in [0.3, 0.4) is 0 Å². The Kier molecular flexibility index (Phi) is 14.6. The highest BCUT2D eigenvalue weighted by molar-refractivity contribution is 7.48. The molecule has 0 bridgehead atoms. The minimum atomic E-state index is -4.21. The summed E-state index contributed by atoms with van der Waals surface area (Å²) in [6.45, 7) is 9.54. The predicted molar refractivity (Wildman–Crippen MR) is 249 cm³/mol. The lowest BCUT2D eigenvalue weighted by Gasteiger charge is -2.34. The summed E-state index contributed by atoms with van der Waals surface area (Å²) in [6.07, 6.45) is 6.01. The molecule has 0 aliphatic carbocycles. The van der Waals surface area contributed by atoms with E-state index in [9.17, 15) is 18.9 Å². The molecule has 348 valence electrons. The number of rotatable bonds is 16. The zero-order chi connectivity index (χ0) is 46.4. The highest BCUT2D eigenvalue weighted by Crippen LogP contribution is 2.51. The molecule has 5 heterocycles. The number of fused-ring (bicyclic) bond motifs is 2. The van der Waals surface area contributed by atoms with E-state index in [-0.39, 0.29) is 44.1 Å². The van der Waals surface area contributed by atoms with Crippen molar-refractivity contribution in [3.05, 3.63) is 125 Å². The quantitative estimate of drug-likeness (QED) is 0.0719. The van der Waals surface area contributed by atoms with Crippen molar-refractivity contribution in [1.82, 2.24) is 29.0 Å². The van der Waals surface area contributed by atoms with E-state index in [2.05, 4.69) is 41.0 Å². The van der Waals surface area contributed by atoms with Gasteiger partial charge in [-0.3, -0.25) is 18.7 Å². The fourth-order valence-corrected chi connectivity index (χ4v) is 10.2. The van der Waals surface area contributed by atoms with E-state index in [0.717, 1.165) is 83.2 Å². The molecule has 0 spiro atoms. The third-order valence-electron chi connectivity index (χ3n) is 12.7. The molecule has 2 aliphatic heterocycles. The monoisotopic (exact) mass is 919 g/mol. The Morgan fingerprint density at radius 2 is 1.50 bits per heavy atom. The molecule has 16 nitrogen and oxygen atoms in total. The molecule has 66 heavy (non-hydrogen) atoms. The zero-order valence-corrected chi connectivity index (χ0v) is 38.9. The van der Waals surface area contributed by atoms with Crippen molar-refractivity contribution in [2.45, 2.75) is 90.9 Å². The molecule has 8 rings (SSSR count). The maximum absolute atomic E-state index is 14.8. The fourth-order valence-electron chi connectivity index (χ4n) is 9.15. The number of phosphoric ester groups is 1. The van der Waals surface area contributed by atoms with E-state index in [1.165, 1.54) is 16.8 Å².